The second-order valence-corrected chi connectivity index (χ2v) is 6.70. The minimum absolute atomic E-state index is 0.185. The Morgan fingerprint density at radius 1 is 1.29 bits per heavy atom. The summed E-state index contributed by atoms with van der Waals surface area (Å²) in [5.74, 6) is -1.93. The summed E-state index contributed by atoms with van der Waals surface area (Å²) in [6.07, 6.45) is 1.86. The van der Waals surface area contributed by atoms with Crippen molar-refractivity contribution < 1.29 is 19.1 Å². The molecule has 0 aliphatic heterocycles. The second-order valence-electron chi connectivity index (χ2n) is 4.50. The molecule has 1 heterocycles. The molecule has 1 aromatic heterocycles. The SMILES string of the molecule is CSc1ccc(Cl)c(C(=O)OCC(=O)Nc2sccc2C(N)=O)c1. The lowest BCUT2D eigenvalue weighted by Crippen LogP contribution is -2.22. The van der Waals surface area contributed by atoms with E-state index in [-0.39, 0.29) is 16.1 Å². The largest absolute Gasteiger partial charge is 0.452 e. The number of carbonyl (C=O) groups is 3. The van der Waals surface area contributed by atoms with Gasteiger partial charge in [0.2, 0.25) is 0 Å². The fourth-order valence-electron chi connectivity index (χ4n) is 1.76. The molecule has 3 N–H and O–H groups in total. The van der Waals surface area contributed by atoms with Gasteiger partial charge in [-0.15, -0.1) is 23.1 Å². The first-order valence-corrected chi connectivity index (χ1v) is 9.08. The molecule has 0 atom stereocenters. The van der Waals surface area contributed by atoms with Gasteiger partial charge in [0.15, 0.2) is 6.61 Å². The topological polar surface area (TPSA) is 98.5 Å². The van der Waals surface area contributed by atoms with Gasteiger partial charge in [-0.1, -0.05) is 11.6 Å². The molecule has 0 aliphatic rings. The average Bonchev–Trinajstić information content (AvgIpc) is 3.01. The number of amides is 2. The number of primary amides is 1. The molecule has 2 aromatic rings. The van der Waals surface area contributed by atoms with Crippen molar-refractivity contribution in [3.8, 4) is 0 Å². The van der Waals surface area contributed by atoms with E-state index in [0.717, 1.165) is 16.2 Å². The van der Waals surface area contributed by atoms with Gasteiger partial charge in [-0.25, -0.2) is 4.79 Å². The quantitative estimate of drug-likeness (QED) is 0.589. The molecular formula is C15H13ClN2O4S2. The number of anilines is 1. The van der Waals surface area contributed by atoms with Crippen LogP contribution in [-0.2, 0) is 9.53 Å². The number of carbonyl (C=O) groups excluding carboxylic acids is 3. The Bertz CT molecular complexity index is 792. The van der Waals surface area contributed by atoms with Gasteiger partial charge in [0, 0.05) is 4.90 Å². The first-order valence-electron chi connectivity index (χ1n) is 6.60. The van der Waals surface area contributed by atoms with Gasteiger partial charge in [0.05, 0.1) is 16.1 Å². The van der Waals surface area contributed by atoms with Crippen LogP contribution in [0.25, 0.3) is 0 Å². The van der Waals surface area contributed by atoms with Gasteiger partial charge in [0.1, 0.15) is 5.00 Å². The minimum Gasteiger partial charge on any atom is -0.452 e. The van der Waals surface area contributed by atoms with Crippen LogP contribution in [0.2, 0.25) is 5.02 Å². The second kappa shape index (κ2) is 8.18. The highest BCUT2D eigenvalue weighted by atomic mass is 35.5. The number of nitrogens with one attached hydrogen (secondary N) is 1. The van der Waals surface area contributed by atoms with Crippen molar-refractivity contribution in [3.05, 3.63) is 45.8 Å². The monoisotopic (exact) mass is 384 g/mol. The summed E-state index contributed by atoms with van der Waals surface area (Å²) in [5.41, 5.74) is 5.58. The maximum atomic E-state index is 12.0. The number of nitrogens with two attached hydrogens (primary N) is 1. The zero-order valence-electron chi connectivity index (χ0n) is 12.5. The van der Waals surface area contributed by atoms with Gasteiger partial charge in [-0.2, -0.15) is 0 Å². The molecule has 126 valence electrons. The van der Waals surface area contributed by atoms with Crippen molar-refractivity contribution in [2.24, 2.45) is 5.73 Å². The fraction of sp³-hybridized carbons (Fsp3) is 0.133. The molecule has 0 bridgehead atoms. The van der Waals surface area contributed by atoms with Crippen LogP contribution in [0.5, 0.6) is 0 Å². The van der Waals surface area contributed by atoms with Crippen LogP contribution in [0.4, 0.5) is 5.00 Å². The number of hydrogen-bond acceptors (Lipinski definition) is 6. The molecule has 2 amide bonds. The van der Waals surface area contributed by atoms with E-state index in [9.17, 15) is 14.4 Å². The van der Waals surface area contributed by atoms with Gasteiger partial charge in [-0.05, 0) is 35.9 Å². The van der Waals surface area contributed by atoms with Crippen LogP contribution in [-0.4, -0.2) is 30.6 Å². The van der Waals surface area contributed by atoms with Crippen LogP contribution in [0, 0.1) is 0 Å². The molecule has 1 aromatic carbocycles. The predicted molar refractivity (Wildman–Crippen MR) is 95.0 cm³/mol. The Kier molecular flexibility index (Phi) is 6.24. The van der Waals surface area contributed by atoms with Crippen LogP contribution in [0.3, 0.4) is 0 Å². The molecular weight excluding hydrogens is 372 g/mol. The molecule has 0 radical (unpaired) electrons. The number of halogens is 1. The zero-order chi connectivity index (χ0) is 17.7. The highest BCUT2D eigenvalue weighted by Crippen LogP contribution is 2.24. The normalized spacial score (nSPS) is 10.2. The zero-order valence-corrected chi connectivity index (χ0v) is 14.9. The number of thiophene rings is 1. The summed E-state index contributed by atoms with van der Waals surface area (Å²) in [7, 11) is 0. The van der Waals surface area contributed by atoms with E-state index in [1.54, 1.807) is 23.6 Å². The van der Waals surface area contributed by atoms with Crippen molar-refractivity contribution in [1.29, 1.82) is 0 Å². The fourth-order valence-corrected chi connectivity index (χ4v) is 3.20. The van der Waals surface area contributed by atoms with Crippen molar-refractivity contribution in [1.82, 2.24) is 0 Å². The Hall–Kier alpha value is -2.03. The molecule has 6 nitrogen and oxygen atoms in total. The van der Waals surface area contributed by atoms with E-state index in [2.05, 4.69) is 5.32 Å². The summed E-state index contributed by atoms with van der Waals surface area (Å²) >= 11 is 8.57. The van der Waals surface area contributed by atoms with Crippen LogP contribution < -0.4 is 11.1 Å². The Balaban J connectivity index is 1.97. The molecule has 0 unspecified atom stereocenters. The van der Waals surface area contributed by atoms with Crippen molar-refractivity contribution in [3.63, 3.8) is 0 Å². The number of hydrogen-bond donors (Lipinski definition) is 2. The molecule has 9 heteroatoms. The highest BCUT2D eigenvalue weighted by molar-refractivity contribution is 7.98. The third-order valence-corrected chi connectivity index (χ3v) is 4.80. The van der Waals surface area contributed by atoms with E-state index in [0.29, 0.717) is 5.00 Å². The van der Waals surface area contributed by atoms with Crippen molar-refractivity contribution in [2.75, 3.05) is 18.2 Å². The summed E-state index contributed by atoms with van der Waals surface area (Å²) in [6, 6.07) is 6.47. The van der Waals surface area contributed by atoms with E-state index in [4.69, 9.17) is 22.1 Å². The van der Waals surface area contributed by atoms with Crippen molar-refractivity contribution in [2.45, 2.75) is 4.90 Å². The van der Waals surface area contributed by atoms with Gasteiger partial charge in [-0.3, -0.25) is 9.59 Å². The first kappa shape index (κ1) is 18.3. The Labute approximate surface area is 151 Å². The maximum Gasteiger partial charge on any atom is 0.340 e. The van der Waals surface area contributed by atoms with Gasteiger partial charge < -0.3 is 15.8 Å². The molecule has 2 rings (SSSR count). The number of esters is 1. The number of ether oxygens (including phenoxy) is 1. The standard InChI is InChI=1S/C15H13ClN2O4S2/c1-23-8-2-3-11(16)10(6-8)15(21)22-7-12(19)18-14-9(13(17)20)4-5-24-14/h2-6H,7H2,1H3,(H2,17,20)(H,18,19). The molecule has 24 heavy (non-hydrogen) atoms. The van der Waals surface area contributed by atoms with Crippen LogP contribution >= 0.6 is 34.7 Å². The van der Waals surface area contributed by atoms with E-state index in [1.165, 1.54) is 17.8 Å². The third-order valence-electron chi connectivity index (χ3n) is 2.91. The maximum absolute atomic E-state index is 12.0. The number of benzene rings is 1. The molecule has 0 saturated carbocycles. The summed E-state index contributed by atoms with van der Waals surface area (Å²) in [5, 5.41) is 4.65. The average molecular weight is 385 g/mol. The first-order chi connectivity index (χ1) is 11.4. The molecule has 0 aliphatic carbocycles. The summed E-state index contributed by atoms with van der Waals surface area (Å²) in [4.78, 5) is 35.9. The van der Waals surface area contributed by atoms with Gasteiger partial charge in [0.25, 0.3) is 11.8 Å². The van der Waals surface area contributed by atoms with Crippen LogP contribution in [0.1, 0.15) is 20.7 Å². The van der Waals surface area contributed by atoms with Gasteiger partial charge >= 0.3 is 5.97 Å². The molecule has 0 fully saturated rings. The number of thioether (sulfide) groups is 1. The van der Waals surface area contributed by atoms with Crippen molar-refractivity contribution >= 4 is 57.5 Å². The summed E-state index contributed by atoms with van der Waals surface area (Å²) < 4.78 is 4.96. The third kappa shape index (κ3) is 4.50. The Morgan fingerprint density at radius 2 is 2.04 bits per heavy atom. The van der Waals surface area contributed by atoms with Crippen LogP contribution in [0.15, 0.2) is 34.5 Å². The summed E-state index contributed by atoms with van der Waals surface area (Å²) in [6.45, 7) is -0.505. The lowest BCUT2D eigenvalue weighted by molar-refractivity contribution is -0.119. The van der Waals surface area contributed by atoms with E-state index >= 15 is 0 Å². The number of rotatable bonds is 6. The minimum atomic E-state index is -0.702. The van der Waals surface area contributed by atoms with E-state index in [1.807, 2.05) is 6.26 Å². The Morgan fingerprint density at radius 3 is 2.71 bits per heavy atom. The van der Waals surface area contributed by atoms with E-state index < -0.39 is 24.4 Å². The lowest BCUT2D eigenvalue weighted by atomic mass is 10.2. The molecule has 0 spiro atoms. The lowest BCUT2D eigenvalue weighted by Gasteiger charge is -2.08. The molecule has 0 saturated heterocycles. The highest BCUT2D eigenvalue weighted by Gasteiger charge is 2.16. The predicted octanol–water partition coefficient (Wildman–Crippen LogP) is 3.02. The smallest absolute Gasteiger partial charge is 0.340 e.